The highest BCUT2D eigenvalue weighted by Crippen LogP contribution is 2.22. The Morgan fingerprint density at radius 2 is 2.05 bits per heavy atom. The predicted octanol–water partition coefficient (Wildman–Crippen LogP) is 2.27. The van der Waals surface area contributed by atoms with E-state index in [0.717, 1.165) is 19.6 Å². The van der Waals surface area contributed by atoms with Crippen LogP contribution in [0.1, 0.15) is 12.8 Å². The van der Waals surface area contributed by atoms with Crippen molar-refractivity contribution in [3.05, 3.63) is 40.8 Å². The van der Waals surface area contributed by atoms with Crippen molar-refractivity contribution in [2.45, 2.75) is 12.8 Å². The van der Waals surface area contributed by atoms with Gasteiger partial charge in [0.15, 0.2) is 5.43 Å². The molecule has 0 bridgehead atoms. The zero-order valence-corrected chi connectivity index (χ0v) is 10.8. The first-order valence-corrected chi connectivity index (χ1v) is 6.70. The zero-order chi connectivity index (χ0) is 13.1. The highest BCUT2D eigenvalue weighted by atomic mass is 16.5. The van der Waals surface area contributed by atoms with E-state index in [1.54, 1.807) is 6.07 Å². The smallest absolute Gasteiger partial charge is 0.196 e. The molecule has 0 spiro atoms. The van der Waals surface area contributed by atoms with Crippen molar-refractivity contribution >= 4 is 11.0 Å². The van der Waals surface area contributed by atoms with Gasteiger partial charge in [0.1, 0.15) is 23.3 Å². The van der Waals surface area contributed by atoms with Crippen molar-refractivity contribution in [3.8, 4) is 5.75 Å². The van der Waals surface area contributed by atoms with Crippen molar-refractivity contribution in [2.24, 2.45) is 0 Å². The summed E-state index contributed by atoms with van der Waals surface area (Å²) in [7, 11) is 0. The van der Waals surface area contributed by atoms with Crippen LogP contribution in [0.5, 0.6) is 5.75 Å². The molecule has 19 heavy (non-hydrogen) atoms. The van der Waals surface area contributed by atoms with Gasteiger partial charge in [-0.1, -0.05) is 6.07 Å². The average Bonchev–Trinajstić information content (AvgIpc) is 2.92. The van der Waals surface area contributed by atoms with Gasteiger partial charge in [-0.25, -0.2) is 0 Å². The minimum atomic E-state index is -0.0574. The first kappa shape index (κ1) is 12.2. The molecular formula is C15H17NO3. The molecule has 100 valence electrons. The normalized spacial score (nSPS) is 16.0. The lowest BCUT2D eigenvalue weighted by molar-refractivity contribution is 0.239. The van der Waals surface area contributed by atoms with Crippen LogP contribution in [0.15, 0.2) is 39.7 Å². The van der Waals surface area contributed by atoms with Crippen LogP contribution in [0.2, 0.25) is 0 Å². The summed E-state index contributed by atoms with van der Waals surface area (Å²) in [6, 6.07) is 6.87. The van der Waals surface area contributed by atoms with Crippen LogP contribution in [-0.4, -0.2) is 31.1 Å². The molecule has 3 rings (SSSR count). The monoisotopic (exact) mass is 259 g/mol. The minimum absolute atomic E-state index is 0.0574. The quantitative estimate of drug-likeness (QED) is 0.844. The summed E-state index contributed by atoms with van der Waals surface area (Å²) < 4.78 is 11.1. The Morgan fingerprint density at radius 3 is 2.89 bits per heavy atom. The van der Waals surface area contributed by atoms with Crippen LogP contribution < -0.4 is 10.2 Å². The van der Waals surface area contributed by atoms with Gasteiger partial charge in [-0.15, -0.1) is 0 Å². The summed E-state index contributed by atoms with van der Waals surface area (Å²) in [5.74, 6) is 0.617. The Labute approximate surface area is 111 Å². The third kappa shape index (κ3) is 2.63. The molecule has 2 aromatic rings. The van der Waals surface area contributed by atoms with Crippen LogP contribution in [0.25, 0.3) is 11.0 Å². The van der Waals surface area contributed by atoms with Crippen molar-refractivity contribution in [2.75, 3.05) is 26.2 Å². The molecular weight excluding hydrogens is 242 g/mol. The van der Waals surface area contributed by atoms with Crippen molar-refractivity contribution < 1.29 is 9.15 Å². The van der Waals surface area contributed by atoms with Crippen LogP contribution >= 0.6 is 0 Å². The lowest BCUT2D eigenvalue weighted by atomic mass is 10.2. The molecule has 1 aromatic carbocycles. The fourth-order valence-corrected chi connectivity index (χ4v) is 2.52. The summed E-state index contributed by atoms with van der Waals surface area (Å²) in [5.41, 5.74) is 0.518. The average molecular weight is 259 g/mol. The van der Waals surface area contributed by atoms with Gasteiger partial charge in [0, 0.05) is 12.6 Å². The van der Waals surface area contributed by atoms with E-state index < -0.39 is 0 Å². The van der Waals surface area contributed by atoms with Gasteiger partial charge in [0.05, 0.1) is 6.26 Å². The molecule has 4 heteroatoms. The van der Waals surface area contributed by atoms with Crippen molar-refractivity contribution in [1.82, 2.24) is 4.90 Å². The summed E-state index contributed by atoms with van der Waals surface area (Å²) in [4.78, 5) is 14.3. The van der Waals surface area contributed by atoms with E-state index in [9.17, 15) is 4.79 Å². The van der Waals surface area contributed by atoms with Crippen LogP contribution in [0, 0.1) is 0 Å². The Morgan fingerprint density at radius 1 is 1.21 bits per heavy atom. The second kappa shape index (κ2) is 5.45. The van der Waals surface area contributed by atoms with E-state index in [2.05, 4.69) is 4.90 Å². The Balaban J connectivity index is 1.75. The molecule has 1 aliphatic heterocycles. The Hall–Kier alpha value is -1.81. The van der Waals surface area contributed by atoms with E-state index in [0.29, 0.717) is 23.3 Å². The van der Waals surface area contributed by atoms with Crippen LogP contribution in [-0.2, 0) is 0 Å². The van der Waals surface area contributed by atoms with Gasteiger partial charge in [0.2, 0.25) is 0 Å². The predicted molar refractivity (Wildman–Crippen MR) is 73.7 cm³/mol. The molecule has 0 saturated carbocycles. The third-order valence-corrected chi connectivity index (χ3v) is 3.51. The molecule has 1 fully saturated rings. The van der Waals surface area contributed by atoms with Crippen LogP contribution in [0.4, 0.5) is 0 Å². The molecule has 1 aliphatic rings. The molecule has 0 amide bonds. The number of fused-ring (bicyclic) bond motifs is 1. The fraction of sp³-hybridized carbons (Fsp3) is 0.400. The van der Waals surface area contributed by atoms with E-state index >= 15 is 0 Å². The van der Waals surface area contributed by atoms with E-state index in [1.165, 1.54) is 25.2 Å². The van der Waals surface area contributed by atoms with E-state index in [-0.39, 0.29) is 5.43 Å². The van der Waals surface area contributed by atoms with E-state index in [1.807, 2.05) is 12.1 Å². The standard InChI is InChI=1S/C15H17NO3/c17-12-6-10-18-13-4-3-5-14(15(12)13)19-11-9-16-7-1-2-8-16/h3-6,10H,1-2,7-9,11H2. The third-order valence-electron chi connectivity index (χ3n) is 3.51. The van der Waals surface area contributed by atoms with Gasteiger partial charge in [0.25, 0.3) is 0 Å². The largest absolute Gasteiger partial charge is 0.491 e. The Kier molecular flexibility index (Phi) is 3.51. The summed E-state index contributed by atoms with van der Waals surface area (Å²) in [5, 5.41) is 0.534. The lowest BCUT2D eigenvalue weighted by Crippen LogP contribution is -2.25. The summed E-state index contributed by atoms with van der Waals surface area (Å²) >= 11 is 0. The lowest BCUT2D eigenvalue weighted by Gasteiger charge is -2.15. The molecule has 0 radical (unpaired) electrons. The molecule has 4 nitrogen and oxygen atoms in total. The summed E-state index contributed by atoms with van der Waals surface area (Å²) in [6.45, 7) is 3.82. The zero-order valence-electron chi connectivity index (χ0n) is 10.8. The Bertz CT molecular complexity index is 609. The first-order valence-electron chi connectivity index (χ1n) is 6.70. The molecule has 1 saturated heterocycles. The number of hydrogen-bond donors (Lipinski definition) is 0. The second-order valence-electron chi connectivity index (χ2n) is 4.81. The molecule has 0 aliphatic carbocycles. The molecule has 0 unspecified atom stereocenters. The molecule has 0 atom stereocenters. The van der Waals surface area contributed by atoms with Gasteiger partial charge >= 0.3 is 0 Å². The van der Waals surface area contributed by atoms with Gasteiger partial charge in [-0.2, -0.15) is 0 Å². The minimum Gasteiger partial charge on any atom is -0.491 e. The number of rotatable bonds is 4. The van der Waals surface area contributed by atoms with Gasteiger partial charge in [-0.05, 0) is 38.1 Å². The van der Waals surface area contributed by atoms with E-state index in [4.69, 9.17) is 9.15 Å². The van der Waals surface area contributed by atoms with Gasteiger partial charge in [-0.3, -0.25) is 9.69 Å². The SMILES string of the molecule is O=c1ccoc2cccc(OCCN3CCCC3)c12. The number of hydrogen-bond acceptors (Lipinski definition) is 4. The topological polar surface area (TPSA) is 42.7 Å². The van der Waals surface area contributed by atoms with Crippen molar-refractivity contribution in [3.63, 3.8) is 0 Å². The first-order chi connectivity index (χ1) is 9.34. The number of ether oxygens (including phenoxy) is 1. The molecule has 1 aromatic heterocycles. The molecule has 2 heterocycles. The maximum absolute atomic E-state index is 11.9. The van der Waals surface area contributed by atoms with Crippen molar-refractivity contribution in [1.29, 1.82) is 0 Å². The van der Waals surface area contributed by atoms with Gasteiger partial charge < -0.3 is 9.15 Å². The number of nitrogens with zero attached hydrogens (tertiary/aromatic N) is 1. The number of benzene rings is 1. The molecule has 0 N–H and O–H groups in total. The fourth-order valence-electron chi connectivity index (χ4n) is 2.52. The number of likely N-dealkylation sites (tertiary alicyclic amines) is 1. The van der Waals surface area contributed by atoms with Crippen LogP contribution in [0.3, 0.4) is 0 Å². The maximum Gasteiger partial charge on any atom is 0.196 e. The highest BCUT2D eigenvalue weighted by molar-refractivity contribution is 5.82. The highest BCUT2D eigenvalue weighted by Gasteiger charge is 2.12. The maximum atomic E-state index is 11.9. The summed E-state index contributed by atoms with van der Waals surface area (Å²) in [6.07, 6.45) is 3.97. The second-order valence-corrected chi connectivity index (χ2v) is 4.81.